The van der Waals surface area contributed by atoms with Gasteiger partial charge in [0.25, 0.3) is 0 Å². The third-order valence-corrected chi connectivity index (χ3v) is 1.33. The summed E-state index contributed by atoms with van der Waals surface area (Å²) >= 11 is 0. The van der Waals surface area contributed by atoms with Crippen LogP contribution in [-0.2, 0) is 9.53 Å². The van der Waals surface area contributed by atoms with Crippen molar-refractivity contribution in [1.82, 2.24) is 0 Å². The van der Waals surface area contributed by atoms with Crippen molar-refractivity contribution in [2.24, 2.45) is 5.92 Å². The third kappa shape index (κ3) is 4.50. The van der Waals surface area contributed by atoms with Crippen LogP contribution in [0.4, 0.5) is 0 Å². The van der Waals surface area contributed by atoms with Gasteiger partial charge in [-0.05, 0) is 6.92 Å². The highest BCUT2D eigenvalue weighted by Crippen LogP contribution is 1.99. The Morgan fingerprint density at radius 3 is 2.58 bits per heavy atom. The number of ether oxygens (including phenoxy) is 1. The molecule has 2 nitrogen and oxygen atoms in total. The zero-order valence-corrected chi connectivity index (χ0v) is 7.49. The van der Waals surface area contributed by atoms with Gasteiger partial charge in [-0.3, -0.25) is 4.79 Å². The topological polar surface area (TPSA) is 26.3 Å². The molecule has 12 heavy (non-hydrogen) atoms. The first kappa shape index (κ1) is 10.7. The minimum absolute atomic E-state index is 0.190. The van der Waals surface area contributed by atoms with Gasteiger partial charge in [0.1, 0.15) is 0 Å². The Morgan fingerprint density at radius 1 is 1.42 bits per heavy atom. The minimum atomic E-state index is -0.224. The molecule has 1 atom stereocenters. The summed E-state index contributed by atoms with van der Waals surface area (Å²) in [6.07, 6.45) is 8.84. The Balaban J connectivity index is 3.90. The summed E-state index contributed by atoms with van der Waals surface area (Å²) in [5.41, 5.74) is 0. The van der Waals surface area contributed by atoms with Crippen LogP contribution in [0.2, 0.25) is 0 Å². The predicted molar refractivity (Wildman–Crippen MR) is 49.7 cm³/mol. The number of allylic oxidation sites excluding steroid dienone is 4. The number of methoxy groups -OCH3 is 1. The van der Waals surface area contributed by atoms with Gasteiger partial charge in [-0.2, -0.15) is 0 Å². The molecule has 0 amide bonds. The molecule has 0 aliphatic carbocycles. The monoisotopic (exact) mass is 166 g/mol. The fourth-order valence-electron chi connectivity index (χ4n) is 0.638. The highest BCUT2D eigenvalue weighted by molar-refractivity contribution is 5.73. The molecule has 0 radical (unpaired) electrons. The van der Waals surface area contributed by atoms with E-state index in [1.165, 1.54) is 7.11 Å². The molecule has 0 fully saturated rings. The molecule has 1 unspecified atom stereocenters. The van der Waals surface area contributed by atoms with Crippen molar-refractivity contribution >= 4 is 5.97 Å². The van der Waals surface area contributed by atoms with E-state index in [1.54, 1.807) is 31.2 Å². The van der Waals surface area contributed by atoms with Crippen LogP contribution in [0.5, 0.6) is 0 Å². The fourth-order valence-corrected chi connectivity index (χ4v) is 0.638. The number of carbonyl (C=O) groups is 1. The van der Waals surface area contributed by atoms with Crippen molar-refractivity contribution in [2.45, 2.75) is 6.92 Å². The molecular weight excluding hydrogens is 152 g/mol. The summed E-state index contributed by atoms with van der Waals surface area (Å²) < 4.78 is 4.53. The quantitative estimate of drug-likeness (QED) is 0.472. The summed E-state index contributed by atoms with van der Waals surface area (Å²) in [6.45, 7) is 5.30. The van der Waals surface area contributed by atoms with Crippen LogP contribution in [0.1, 0.15) is 6.92 Å². The van der Waals surface area contributed by atoms with Gasteiger partial charge in [-0.1, -0.05) is 37.0 Å². The Kier molecular flexibility index (Phi) is 5.70. The van der Waals surface area contributed by atoms with Gasteiger partial charge < -0.3 is 4.74 Å². The number of esters is 1. The van der Waals surface area contributed by atoms with Gasteiger partial charge in [-0.25, -0.2) is 0 Å². The number of hydrogen-bond donors (Lipinski definition) is 0. The second-order valence-electron chi connectivity index (χ2n) is 2.32. The minimum Gasteiger partial charge on any atom is -0.469 e. The van der Waals surface area contributed by atoms with E-state index in [1.807, 2.05) is 6.08 Å². The van der Waals surface area contributed by atoms with E-state index in [9.17, 15) is 4.79 Å². The van der Waals surface area contributed by atoms with E-state index < -0.39 is 0 Å². The normalized spacial score (nSPS) is 13.5. The molecule has 66 valence electrons. The van der Waals surface area contributed by atoms with Crippen LogP contribution >= 0.6 is 0 Å². The molecule has 0 spiro atoms. The largest absolute Gasteiger partial charge is 0.469 e. The summed E-state index contributed by atoms with van der Waals surface area (Å²) in [5, 5.41) is 0. The average molecular weight is 166 g/mol. The van der Waals surface area contributed by atoms with Crippen LogP contribution in [-0.4, -0.2) is 13.1 Å². The highest BCUT2D eigenvalue weighted by atomic mass is 16.5. The number of carbonyl (C=O) groups excluding carboxylic acids is 1. The molecule has 0 bridgehead atoms. The van der Waals surface area contributed by atoms with Crippen LogP contribution in [0.25, 0.3) is 0 Å². The zero-order valence-electron chi connectivity index (χ0n) is 7.49. The molecule has 0 aliphatic rings. The lowest BCUT2D eigenvalue weighted by Crippen LogP contribution is -2.09. The Morgan fingerprint density at radius 2 is 2.08 bits per heavy atom. The molecular formula is C10H14O2. The highest BCUT2D eigenvalue weighted by Gasteiger charge is 2.06. The Labute approximate surface area is 73.2 Å². The van der Waals surface area contributed by atoms with Gasteiger partial charge in [0, 0.05) is 0 Å². The molecule has 0 saturated carbocycles. The molecule has 0 aliphatic heterocycles. The van der Waals surface area contributed by atoms with Gasteiger partial charge in [-0.15, -0.1) is 0 Å². The van der Waals surface area contributed by atoms with Gasteiger partial charge >= 0.3 is 5.97 Å². The van der Waals surface area contributed by atoms with Crippen molar-refractivity contribution in [2.75, 3.05) is 7.11 Å². The second kappa shape index (κ2) is 6.40. The number of rotatable bonds is 4. The molecule has 0 saturated heterocycles. The van der Waals surface area contributed by atoms with Crippen molar-refractivity contribution in [3.63, 3.8) is 0 Å². The Hall–Kier alpha value is -1.31. The van der Waals surface area contributed by atoms with Crippen LogP contribution in [0.3, 0.4) is 0 Å². The smallest absolute Gasteiger partial charge is 0.312 e. The molecule has 0 aromatic heterocycles. The van der Waals surface area contributed by atoms with E-state index in [0.717, 1.165) is 0 Å². The SMILES string of the molecule is C=CC=CC=CC(C)C(=O)OC. The van der Waals surface area contributed by atoms with Crippen molar-refractivity contribution in [3.05, 3.63) is 37.0 Å². The summed E-state index contributed by atoms with van der Waals surface area (Å²) in [5.74, 6) is -0.414. The molecule has 2 heteroatoms. The lowest BCUT2D eigenvalue weighted by molar-refractivity contribution is -0.143. The van der Waals surface area contributed by atoms with E-state index >= 15 is 0 Å². The molecule has 0 aromatic rings. The average Bonchev–Trinajstić information content (AvgIpc) is 2.10. The molecule has 0 N–H and O–H groups in total. The van der Waals surface area contributed by atoms with Crippen LogP contribution < -0.4 is 0 Å². The lowest BCUT2D eigenvalue weighted by Gasteiger charge is -2.00. The standard InChI is InChI=1S/C10H14O2/c1-4-5-6-7-8-9(2)10(11)12-3/h4-9H,1H2,2-3H3. The maximum Gasteiger partial charge on any atom is 0.312 e. The third-order valence-electron chi connectivity index (χ3n) is 1.33. The zero-order chi connectivity index (χ0) is 9.40. The summed E-state index contributed by atoms with van der Waals surface area (Å²) in [4.78, 5) is 10.9. The van der Waals surface area contributed by atoms with Crippen LogP contribution in [0.15, 0.2) is 37.0 Å². The van der Waals surface area contributed by atoms with Gasteiger partial charge in [0.05, 0.1) is 13.0 Å². The summed E-state index contributed by atoms with van der Waals surface area (Å²) in [6, 6.07) is 0. The van der Waals surface area contributed by atoms with Gasteiger partial charge in [0.2, 0.25) is 0 Å². The van der Waals surface area contributed by atoms with Crippen molar-refractivity contribution in [1.29, 1.82) is 0 Å². The molecule has 0 heterocycles. The van der Waals surface area contributed by atoms with Gasteiger partial charge in [0.15, 0.2) is 0 Å². The first-order chi connectivity index (χ1) is 5.72. The number of hydrogen-bond acceptors (Lipinski definition) is 2. The Bertz CT molecular complexity index is 202. The predicted octanol–water partition coefficient (Wildman–Crippen LogP) is 2.09. The molecule has 0 aromatic carbocycles. The molecule has 0 rings (SSSR count). The maximum absolute atomic E-state index is 10.9. The van der Waals surface area contributed by atoms with E-state index in [-0.39, 0.29) is 11.9 Å². The fraction of sp³-hybridized carbons (Fsp3) is 0.300. The summed E-state index contributed by atoms with van der Waals surface area (Å²) in [7, 11) is 1.38. The van der Waals surface area contributed by atoms with E-state index in [4.69, 9.17) is 0 Å². The van der Waals surface area contributed by atoms with E-state index in [0.29, 0.717) is 0 Å². The maximum atomic E-state index is 10.9. The van der Waals surface area contributed by atoms with E-state index in [2.05, 4.69) is 11.3 Å². The van der Waals surface area contributed by atoms with Crippen molar-refractivity contribution in [3.8, 4) is 0 Å². The first-order valence-corrected chi connectivity index (χ1v) is 3.76. The first-order valence-electron chi connectivity index (χ1n) is 3.76. The van der Waals surface area contributed by atoms with Crippen LogP contribution in [0, 0.1) is 5.92 Å². The van der Waals surface area contributed by atoms with Crippen molar-refractivity contribution < 1.29 is 9.53 Å². The second-order valence-corrected chi connectivity index (χ2v) is 2.32. The lowest BCUT2D eigenvalue weighted by atomic mass is 10.1.